The highest BCUT2D eigenvalue weighted by atomic mass is 19.1. The maximum Gasteiger partial charge on any atom is 0.257 e. The summed E-state index contributed by atoms with van der Waals surface area (Å²) in [5, 5.41) is 13.4. The van der Waals surface area contributed by atoms with Gasteiger partial charge >= 0.3 is 0 Å². The average Bonchev–Trinajstić information content (AvgIpc) is 3.07. The summed E-state index contributed by atoms with van der Waals surface area (Å²) in [6.45, 7) is 0.769. The van der Waals surface area contributed by atoms with E-state index in [4.69, 9.17) is 0 Å². The topological polar surface area (TPSA) is 58.4 Å². The Morgan fingerprint density at radius 2 is 2.19 bits per heavy atom. The number of β-amino-alcohol motifs (C(OH)–C–C–N with tert-alkyl or cyclic N) is 1. The molecule has 0 bridgehead atoms. The second-order valence-electron chi connectivity index (χ2n) is 4.96. The fourth-order valence-corrected chi connectivity index (χ4v) is 2.34. The minimum absolute atomic E-state index is 0.0666. The summed E-state index contributed by atoms with van der Waals surface area (Å²) in [7, 11) is 0. The highest BCUT2D eigenvalue weighted by molar-refractivity contribution is 5.94. The van der Waals surface area contributed by atoms with E-state index in [1.807, 2.05) is 0 Å². The molecule has 1 aromatic heterocycles. The molecule has 5 nitrogen and oxygen atoms in total. The van der Waals surface area contributed by atoms with Crippen molar-refractivity contribution in [1.29, 1.82) is 0 Å². The molecule has 0 radical (unpaired) electrons. The largest absolute Gasteiger partial charge is 0.391 e. The molecule has 0 unspecified atom stereocenters. The minimum Gasteiger partial charge on any atom is -0.391 e. The monoisotopic (exact) mass is 293 g/mol. The second kappa shape index (κ2) is 5.25. The van der Waals surface area contributed by atoms with Crippen LogP contribution in [0.4, 0.5) is 8.78 Å². The van der Waals surface area contributed by atoms with Crippen molar-refractivity contribution in [3.05, 3.63) is 47.8 Å². The Morgan fingerprint density at radius 3 is 2.86 bits per heavy atom. The Kier molecular flexibility index (Phi) is 3.42. The molecule has 1 N–H and O–H groups in total. The third-order valence-electron chi connectivity index (χ3n) is 3.44. The van der Waals surface area contributed by atoms with E-state index < -0.39 is 17.7 Å². The summed E-state index contributed by atoms with van der Waals surface area (Å²) in [4.78, 5) is 13.7. The Balaban J connectivity index is 1.84. The molecule has 0 saturated carbocycles. The zero-order valence-corrected chi connectivity index (χ0v) is 11.0. The zero-order chi connectivity index (χ0) is 15.0. The van der Waals surface area contributed by atoms with Crippen LogP contribution < -0.4 is 0 Å². The van der Waals surface area contributed by atoms with Crippen molar-refractivity contribution >= 4 is 5.91 Å². The molecular formula is C14H13F2N3O2. The molecule has 0 aliphatic carbocycles. The van der Waals surface area contributed by atoms with Crippen LogP contribution in [0.2, 0.25) is 0 Å². The number of aliphatic hydroxyl groups is 1. The lowest BCUT2D eigenvalue weighted by Crippen LogP contribution is -2.29. The third-order valence-corrected chi connectivity index (χ3v) is 3.44. The van der Waals surface area contributed by atoms with Gasteiger partial charge in [-0.3, -0.25) is 4.79 Å². The number of nitrogens with zero attached hydrogens (tertiary/aromatic N) is 3. The van der Waals surface area contributed by atoms with E-state index in [0.29, 0.717) is 18.5 Å². The van der Waals surface area contributed by atoms with Gasteiger partial charge in [0, 0.05) is 25.4 Å². The third kappa shape index (κ3) is 2.64. The molecule has 1 atom stereocenters. The van der Waals surface area contributed by atoms with Crippen LogP contribution in [0.25, 0.3) is 5.69 Å². The van der Waals surface area contributed by atoms with Crippen LogP contribution in [0.15, 0.2) is 30.6 Å². The van der Waals surface area contributed by atoms with E-state index in [-0.39, 0.29) is 18.1 Å². The summed E-state index contributed by atoms with van der Waals surface area (Å²) in [6, 6.07) is 3.14. The Morgan fingerprint density at radius 1 is 1.38 bits per heavy atom. The number of likely N-dealkylation sites (tertiary alicyclic amines) is 1. The number of benzene rings is 1. The van der Waals surface area contributed by atoms with Crippen LogP contribution in [0.1, 0.15) is 16.8 Å². The lowest BCUT2D eigenvalue weighted by molar-refractivity contribution is 0.0765. The maximum absolute atomic E-state index is 13.7. The SMILES string of the molecule is O=C(c1cnn(-c2ccc(F)cc2F)c1)N1CC[C@@H](O)C1. The van der Waals surface area contributed by atoms with Crippen LogP contribution in [-0.4, -0.2) is 44.9 Å². The molecular weight excluding hydrogens is 280 g/mol. The summed E-state index contributed by atoms with van der Waals surface area (Å²) < 4.78 is 27.7. The molecule has 0 spiro atoms. The average molecular weight is 293 g/mol. The summed E-state index contributed by atoms with van der Waals surface area (Å²) >= 11 is 0. The van der Waals surface area contributed by atoms with Crippen molar-refractivity contribution in [2.75, 3.05) is 13.1 Å². The molecule has 1 aliphatic heterocycles. The summed E-state index contributed by atoms with van der Waals surface area (Å²) in [5.41, 5.74) is 0.365. The number of aliphatic hydroxyl groups excluding tert-OH is 1. The number of aromatic nitrogens is 2. The predicted octanol–water partition coefficient (Wildman–Crippen LogP) is 1.36. The number of rotatable bonds is 2. The predicted molar refractivity (Wildman–Crippen MR) is 70.0 cm³/mol. The van der Waals surface area contributed by atoms with Gasteiger partial charge in [0.2, 0.25) is 0 Å². The first kappa shape index (κ1) is 13.7. The minimum atomic E-state index is -0.756. The fraction of sp³-hybridized carbons (Fsp3) is 0.286. The molecule has 1 aromatic carbocycles. The van der Waals surface area contributed by atoms with Crippen molar-refractivity contribution in [1.82, 2.24) is 14.7 Å². The van der Waals surface area contributed by atoms with Crippen LogP contribution in [0.5, 0.6) is 0 Å². The first-order valence-electron chi connectivity index (χ1n) is 6.52. The standard InChI is InChI=1S/C14H13F2N3O2/c15-10-1-2-13(12(16)5-10)19-7-9(6-17-19)14(21)18-4-3-11(20)8-18/h1-2,5-7,11,20H,3-4,8H2/t11-/m1/s1. The van der Waals surface area contributed by atoms with E-state index in [2.05, 4.69) is 5.10 Å². The van der Waals surface area contributed by atoms with Crippen LogP contribution >= 0.6 is 0 Å². The van der Waals surface area contributed by atoms with Gasteiger partial charge in [-0.15, -0.1) is 0 Å². The van der Waals surface area contributed by atoms with Crippen molar-refractivity contribution < 1.29 is 18.7 Å². The Hall–Kier alpha value is -2.28. The molecule has 1 aliphatic rings. The Bertz CT molecular complexity index is 687. The van der Waals surface area contributed by atoms with Gasteiger partial charge in [0.25, 0.3) is 5.91 Å². The number of hydrogen-bond donors (Lipinski definition) is 1. The number of hydrogen-bond acceptors (Lipinski definition) is 3. The molecule has 1 saturated heterocycles. The van der Waals surface area contributed by atoms with Crippen molar-refractivity contribution in [2.45, 2.75) is 12.5 Å². The van der Waals surface area contributed by atoms with E-state index in [9.17, 15) is 18.7 Å². The molecule has 110 valence electrons. The first-order chi connectivity index (χ1) is 10.0. The van der Waals surface area contributed by atoms with Gasteiger partial charge in [-0.1, -0.05) is 0 Å². The number of halogens is 2. The molecule has 2 heterocycles. The van der Waals surface area contributed by atoms with Crippen LogP contribution in [0, 0.1) is 11.6 Å². The van der Waals surface area contributed by atoms with Crippen molar-refractivity contribution in [3.8, 4) is 5.69 Å². The van der Waals surface area contributed by atoms with E-state index in [1.54, 1.807) is 0 Å². The molecule has 1 fully saturated rings. The molecule has 7 heteroatoms. The van der Waals surface area contributed by atoms with Crippen LogP contribution in [-0.2, 0) is 0 Å². The molecule has 2 aromatic rings. The smallest absolute Gasteiger partial charge is 0.257 e. The number of carbonyl (C=O) groups is 1. The number of carbonyl (C=O) groups excluding carboxylic acids is 1. The van der Waals surface area contributed by atoms with E-state index in [1.165, 1.54) is 28.0 Å². The molecule has 3 rings (SSSR count). The van der Waals surface area contributed by atoms with Gasteiger partial charge in [0.1, 0.15) is 11.5 Å². The van der Waals surface area contributed by atoms with Gasteiger partial charge in [0.05, 0.1) is 17.9 Å². The van der Waals surface area contributed by atoms with Gasteiger partial charge in [-0.2, -0.15) is 5.10 Å². The second-order valence-corrected chi connectivity index (χ2v) is 4.96. The number of amides is 1. The lowest BCUT2D eigenvalue weighted by atomic mass is 10.3. The van der Waals surface area contributed by atoms with Gasteiger partial charge in [0.15, 0.2) is 5.82 Å². The van der Waals surface area contributed by atoms with Crippen LogP contribution in [0.3, 0.4) is 0 Å². The highest BCUT2D eigenvalue weighted by Gasteiger charge is 2.26. The quantitative estimate of drug-likeness (QED) is 0.909. The zero-order valence-electron chi connectivity index (χ0n) is 11.0. The first-order valence-corrected chi connectivity index (χ1v) is 6.52. The molecule has 21 heavy (non-hydrogen) atoms. The Labute approximate surface area is 119 Å². The van der Waals surface area contributed by atoms with Gasteiger partial charge < -0.3 is 10.0 Å². The van der Waals surface area contributed by atoms with Crippen molar-refractivity contribution in [2.24, 2.45) is 0 Å². The van der Waals surface area contributed by atoms with Gasteiger partial charge in [-0.05, 0) is 18.6 Å². The molecule has 1 amide bonds. The van der Waals surface area contributed by atoms with Crippen molar-refractivity contribution in [3.63, 3.8) is 0 Å². The normalized spacial score (nSPS) is 18.2. The van der Waals surface area contributed by atoms with Gasteiger partial charge in [-0.25, -0.2) is 13.5 Å². The summed E-state index contributed by atoms with van der Waals surface area (Å²) in [6.07, 6.45) is 2.77. The fourth-order valence-electron chi connectivity index (χ4n) is 2.34. The lowest BCUT2D eigenvalue weighted by Gasteiger charge is -2.13. The highest BCUT2D eigenvalue weighted by Crippen LogP contribution is 2.17. The maximum atomic E-state index is 13.7. The van der Waals surface area contributed by atoms with E-state index >= 15 is 0 Å². The van der Waals surface area contributed by atoms with E-state index in [0.717, 1.165) is 12.1 Å². The summed E-state index contributed by atoms with van der Waals surface area (Å²) in [5.74, 6) is -1.69.